The molecule has 0 aromatic heterocycles. The van der Waals surface area contributed by atoms with Gasteiger partial charge >= 0.3 is 6.03 Å². The summed E-state index contributed by atoms with van der Waals surface area (Å²) in [4.78, 5) is 11.4. The number of benzene rings is 1. The zero-order valence-corrected chi connectivity index (χ0v) is 11.0. The smallest absolute Gasteiger partial charge is 0.319 e. The van der Waals surface area contributed by atoms with Gasteiger partial charge in [0, 0.05) is 12.2 Å². The first kappa shape index (κ1) is 14.3. The highest BCUT2D eigenvalue weighted by Crippen LogP contribution is 2.22. The number of nitrogens with one attached hydrogen (secondary N) is 2. The van der Waals surface area contributed by atoms with Crippen molar-refractivity contribution in [2.24, 2.45) is 0 Å². The van der Waals surface area contributed by atoms with Crippen LogP contribution in [0, 0.1) is 6.92 Å². The van der Waals surface area contributed by atoms with E-state index in [-0.39, 0.29) is 25.3 Å². The molecule has 0 spiro atoms. The number of aliphatic hydroxyl groups is 1. The van der Waals surface area contributed by atoms with E-state index in [4.69, 9.17) is 9.84 Å². The molecule has 0 saturated carbocycles. The van der Waals surface area contributed by atoms with Gasteiger partial charge in [-0.3, -0.25) is 0 Å². The maximum atomic E-state index is 11.4. The normalized spacial score (nSPS) is 10.3. The summed E-state index contributed by atoms with van der Waals surface area (Å²) in [6.07, 6.45) is 0.121. The van der Waals surface area contributed by atoms with Crippen molar-refractivity contribution in [2.45, 2.75) is 26.9 Å². The molecule has 0 unspecified atom stereocenters. The van der Waals surface area contributed by atoms with Gasteiger partial charge in [-0.05, 0) is 44.5 Å². The fourth-order valence-corrected chi connectivity index (χ4v) is 1.46. The van der Waals surface area contributed by atoms with Crippen molar-refractivity contribution in [3.63, 3.8) is 0 Å². The van der Waals surface area contributed by atoms with Crippen LogP contribution < -0.4 is 15.4 Å². The number of ether oxygens (including phenoxy) is 1. The molecule has 18 heavy (non-hydrogen) atoms. The molecule has 0 aliphatic rings. The summed E-state index contributed by atoms with van der Waals surface area (Å²) in [5, 5.41) is 13.8. The number of hydrogen-bond donors (Lipinski definition) is 3. The molecule has 0 atom stereocenters. The van der Waals surface area contributed by atoms with Crippen LogP contribution in [0.4, 0.5) is 10.5 Å². The van der Waals surface area contributed by atoms with Crippen molar-refractivity contribution in [1.82, 2.24) is 5.32 Å². The fourth-order valence-electron chi connectivity index (χ4n) is 1.46. The van der Waals surface area contributed by atoms with Crippen LogP contribution >= 0.6 is 0 Å². The Morgan fingerprint density at radius 3 is 2.72 bits per heavy atom. The molecule has 0 aliphatic heterocycles. The molecule has 1 aromatic rings. The average molecular weight is 252 g/mol. The van der Waals surface area contributed by atoms with Gasteiger partial charge in [-0.2, -0.15) is 0 Å². The second-order valence-corrected chi connectivity index (χ2v) is 4.25. The van der Waals surface area contributed by atoms with Crippen LogP contribution in [0.5, 0.6) is 5.75 Å². The molecule has 2 amide bonds. The Kier molecular flexibility index (Phi) is 5.45. The Labute approximate surface area is 107 Å². The van der Waals surface area contributed by atoms with Gasteiger partial charge < -0.3 is 20.5 Å². The van der Waals surface area contributed by atoms with Crippen molar-refractivity contribution in [3.05, 3.63) is 23.8 Å². The maximum Gasteiger partial charge on any atom is 0.319 e. The summed E-state index contributed by atoms with van der Waals surface area (Å²) in [6, 6.07) is 5.16. The molecule has 1 aromatic carbocycles. The lowest BCUT2D eigenvalue weighted by Crippen LogP contribution is -2.31. The fraction of sp³-hybridized carbons (Fsp3) is 0.462. The Bertz CT molecular complexity index is 405. The number of rotatable bonds is 5. The molecule has 5 nitrogen and oxygen atoms in total. The second kappa shape index (κ2) is 6.86. The van der Waals surface area contributed by atoms with Crippen molar-refractivity contribution in [3.8, 4) is 5.75 Å². The lowest BCUT2D eigenvalue weighted by Gasteiger charge is -2.13. The average Bonchev–Trinajstić information content (AvgIpc) is 2.29. The van der Waals surface area contributed by atoms with Crippen LogP contribution in [-0.2, 0) is 0 Å². The zero-order valence-electron chi connectivity index (χ0n) is 11.0. The number of anilines is 1. The van der Waals surface area contributed by atoms with Crippen LogP contribution in [0.2, 0.25) is 0 Å². The highest BCUT2D eigenvalue weighted by molar-refractivity contribution is 5.90. The lowest BCUT2D eigenvalue weighted by atomic mass is 10.2. The van der Waals surface area contributed by atoms with Gasteiger partial charge in [0.1, 0.15) is 5.75 Å². The molecule has 0 bridgehead atoms. The van der Waals surface area contributed by atoms with E-state index < -0.39 is 0 Å². The Morgan fingerprint density at radius 2 is 2.17 bits per heavy atom. The molecular weight excluding hydrogens is 232 g/mol. The maximum absolute atomic E-state index is 11.4. The van der Waals surface area contributed by atoms with Crippen molar-refractivity contribution < 1.29 is 14.6 Å². The third kappa shape index (κ3) is 4.63. The van der Waals surface area contributed by atoms with Gasteiger partial charge in [-0.25, -0.2) is 4.79 Å². The molecule has 1 rings (SSSR count). The minimum absolute atomic E-state index is 0.0758. The molecule has 0 heterocycles. The zero-order chi connectivity index (χ0) is 13.5. The van der Waals surface area contributed by atoms with E-state index in [9.17, 15) is 4.79 Å². The number of aliphatic hydroxyl groups excluding tert-OH is 1. The number of amides is 2. The van der Waals surface area contributed by atoms with Gasteiger partial charge in [-0.1, -0.05) is 0 Å². The number of carbonyl (C=O) groups is 1. The van der Waals surface area contributed by atoms with E-state index >= 15 is 0 Å². The first-order chi connectivity index (χ1) is 8.52. The molecule has 0 aliphatic carbocycles. The topological polar surface area (TPSA) is 70.6 Å². The van der Waals surface area contributed by atoms with Crippen LogP contribution in [0.15, 0.2) is 18.2 Å². The van der Waals surface area contributed by atoms with Crippen molar-refractivity contribution >= 4 is 11.7 Å². The standard InChI is InChI=1S/C13H20N2O3/c1-9(2)18-11-4-5-12(10(3)8-11)15-13(17)14-6-7-16/h4-5,8-9,16H,6-7H2,1-3H3,(H2,14,15,17). The Morgan fingerprint density at radius 1 is 1.44 bits per heavy atom. The second-order valence-electron chi connectivity index (χ2n) is 4.25. The van der Waals surface area contributed by atoms with E-state index in [1.165, 1.54) is 0 Å². The van der Waals surface area contributed by atoms with E-state index in [2.05, 4.69) is 10.6 Å². The van der Waals surface area contributed by atoms with Crippen LogP contribution in [-0.4, -0.2) is 30.4 Å². The third-order valence-corrected chi connectivity index (χ3v) is 2.22. The minimum atomic E-state index is -0.329. The highest BCUT2D eigenvalue weighted by Gasteiger charge is 2.05. The van der Waals surface area contributed by atoms with Gasteiger partial charge in [0.25, 0.3) is 0 Å². The summed E-state index contributed by atoms with van der Waals surface area (Å²) < 4.78 is 5.56. The Hall–Kier alpha value is -1.75. The van der Waals surface area contributed by atoms with Crippen molar-refractivity contribution in [2.75, 3.05) is 18.5 Å². The first-order valence-electron chi connectivity index (χ1n) is 5.96. The number of carbonyl (C=O) groups excluding carboxylic acids is 1. The predicted octanol–water partition coefficient (Wildman–Crippen LogP) is 1.90. The molecule has 0 radical (unpaired) electrons. The van der Waals surface area contributed by atoms with E-state index in [0.29, 0.717) is 0 Å². The summed E-state index contributed by atoms with van der Waals surface area (Å²) in [6.45, 7) is 5.98. The molecular formula is C13H20N2O3. The summed E-state index contributed by atoms with van der Waals surface area (Å²) in [7, 11) is 0. The number of aryl methyl sites for hydroxylation is 1. The Balaban J connectivity index is 2.64. The van der Waals surface area contributed by atoms with Crippen LogP contribution in [0.3, 0.4) is 0 Å². The lowest BCUT2D eigenvalue weighted by molar-refractivity contribution is 0.242. The largest absolute Gasteiger partial charge is 0.491 e. The monoisotopic (exact) mass is 252 g/mol. The molecule has 0 fully saturated rings. The molecule has 100 valence electrons. The number of urea groups is 1. The van der Waals surface area contributed by atoms with E-state index in [0.717, 1.165) is 17.0 Å². The third-order valence-electron chi connectivity index (χ3n) is 2.22. The van der Waals surface area contributed by atoms with E-state index in [1.54, 1.807) is 6.07 Å². The van der Waals surface area contributed by atoms with Gasteiger partial charge in [-0.15, -0.1) is 0 Å². The van der Waals surface area contributed by atoms with E-state index in [1.807, 2.05) is 32.9 Å². The van der Waals surface area contributed by atoms with Crippen molar-refractivity contribution in [1.29, 1.82) is 0 Å². The SMILES string of the molecule is Cc1cc(OC(C)C)ccc1NC(=O)NCCO. The molecule has 0 saturated heterocycles. The van der Waals surface area contributed by atoms with Crippen LogP contribution in [0.1, 0.15) is 19.4 Å². The minimum Gasteiger partial charge on any atom is -0.491 e. The first-order valence-corrected chi connectivity index (χ1v) is 5.96. The van der Waals surface area contributed by atoms with Gasteiger partial charge in [0.15, 0.2) is 0 Å². The summed E-state index contributed by atoms with van der Waals surface area (Å²) in [5.41, 5.74) is 1.65. The highest BCUT2D eigenvalue weighted by atomic mass is 16.5. The van der Waals surface area contributed by atoms with Gasteiger partial charge in [0.05, 0.1) is 12.7 Å². The predicted molar refractivity (Wildman–Crippen MR) is 71.1 cm³/mol. The molecule has 5 heteroatoms. The summed E-state index contributed by atoms with van der Waals surface area (Å²) >= 11 is 0. The quantitative estimate of drug-likeness (QED) is 0.749. The van der Waals surface area contributed by atoms with Gasteiger partial charge in [0.2, 0.25) is 0 Å². The molecule has 3 N–H and O–H groups in total. The number of hydrogen-bond acceptors (Lipinski definition) is 3. The summed E-state index contributed by atoms with van der Waals surface area (Å²) in [5.74, 6) is 0.781. The van der Waals surface area contributed by atoms with Crippen LogP contribution in [0.25, 0.3) is 0 Å².